The lowest BCUT2D eigenvalue weighted by Crippen LogP contribution is -2.17. The summed E-state index contributed by atoms with van der Waals surface area (Å²) in [7, 11) is 0. The number of nitrogens with one attached hydrogen (secondary N) is 1. The monoisotopic (exact) mass is 355 g/mol. The Morgan fingerprint density at radius 2 is 1.84 bits per heavy atom. The van der Waals surface area contributed by atoms with Crippen LogP contribution in [0.3, 0.4) is 0 Å². The Morgan fingerprint density at radius 1 is 1.20 bits per heavy atom. The van der Waals surface area contributed by atoms with E-state index in [2.05, 4.69) is 81.4 Å². The average Bonchev–Trinajstić information content (AvgIpc) is 3.07. The van der Waals surface area contributed by atoms with Crippen molar-refractivity contribution in [2.75, 3.05) is 0 Å². The fraction of sp³-hybridized carbons (Fsp3) is 0.391. The highest BCUT2D eigenvalue weighted by atomic mass is 32.2. The van der Waals surface area contributed by atoms with Gasteiger partial charge in [-0.15, -0.1) is 0 Å². The van der Waals surface area contributed by atoms with Gasteiger partial charge >= 0.3 is 0 Å². The molecule has 0 saturated carbocycles. The van der Waals surface area contributed by atoms with E-state index < -0.39 is 0 Å². The van der Waals surface area contributed by atoms with Crippen LogP contribution in [0.5, 0.6) is 0 Å². The van der Waals surface area contributed by atoms with E-state index in [1.807, 2.05) is 32.5 Å². The largest absolute Gasteiger partial charge is 0.374 e. The molecule has 2 heteroatoms. The molecule has 0 aromatic heterocycles. The van der Waals surface area contributed by atoms with Crippen LogP contribution in [0.15, 0.2) is 66.4 Å². The Morgan fingerprint density at radius 3 is 2.36 bits per heavy atom. The lowest BCUT2D eigenvalue weighted by atomic mass is 10.0. The highest BCUT2D eigenvalue weighted by Crippen LogP contribution is 2.37. The van der Waals surface area contributed by atoms with E-state index in [4.69, 9.17) is 0 Å². The van der Waals surface area contributed by atoms with E-state index in [1.165, 1.54) is 21.6 Å². The number of thioether (sulfide) groups is 1. The second-order valence-electron chi connectivity index (χ2n) is 6.44. The van der Waals surface area contributed by atoms with Crippen molar-refractivity contribution in [3.8, 4) is 0 Å². The number of hydrogen-bond acceptors (Lipinski definition) is 2. The predicted octanol–water partition coefficient (Wildman–Crippen LogP) is 6.95. The van der Waals surface area contributed by atoms with E-state index >= 15 is 0 Å². The molecule has 0 bridgehead atoms. The molecule has 1 atom stereocenters. The van der Waals surface area contributed by atoms with Crippen molar-refractivity contribution in [2.24, 2.45) is 5.92 Å². The summed E-state index contributed by atoms with van der Waals surface area (Å²) in [5, 5.41) is 3.76. The quantitative estimate of drug-likeness (QED) is 0.554. The summed E-state index contributed by atoms with van der Waals surface area (Å²) in [5.74, 6) is 0.698. The molecule has 0 aliphatic carbocycles. The molecule has 0 fully saturated rings. The van der Waals surface area contributed by atoms with Gasteiger partial charge < -0.3 is 5.32 Å². The molecule has 1 unspecified atom stereocenters. The van der Waals surface area contributed by atoms with Crippen LogP contribution in [0.4, 0.5) is 0 Å². The lowest BCUT2D eigenvalue weighted by molar-refractivity contribution is 0.647. The van der Waals surface area contributed by atoms with Crippen molar-refractivity contribution in [2.45, 2.75) is 53.3 Å². The molecular weight excluding hydrogens is 322 g/mol. The van der Waals surface area contributed by atoms with Gasteiger partial charge in [-0.1, -0.05) is 94.1 Å². The molecule has 1 aromatic rings. The minimum absolute atomic E-state index is 0.279. The second kappa shape index (κ2) is 11.0. The summed E-state index contributed by atoms with van der Waals surface area (Å²) in [6, 6.07) is 8.97. The van der Waals surface area contributed by atoms with Gasteiger partial charge in [-0.25, -0.2) is 0 Å². The lowest BCUT2D eigenvalue weighted by Gasteiger charge is -2.12. The number of allylic oxidation sites excluding steroid dienone is 3. The van der Waals surface area contributed by atoms with Crippen LogP contribution in [0.25, 0.3) is 4.91 Å². The zero-order valence-corrected chi connectivity index (χ0v) is 17.4. The zero-order valence-electron chi connectivity index (χ0n) is 16.6. The van der Waals surface area contributed by atoms with Gasteiger partial charge in [0.05, 0.1) is 0 Å². The van der Waals surface area contributed by atoms with E-state index in [0.717, 1.165) is 12.0 Å². The Balaban J connectivity index is 0.00000151. The Labute approximate surface area is 159 Å². The first-order valence-electron chi connectivity index (χ1n) is 9.21. The third-order valence-electron chi connectivity index (χ3n) is 3.69. The van der Waals surface area contributed by atoms with Crippen LogP contribution < -0.4 is 5.32 Å². The second-order valence-corrected chi connectivity index (χ2v) is 7.58. The van der Waals surface area contributed by atoms with E-state index in [-0.39, 0.29) is 5.37 Å². The van der Waals surface area contributed by atoms with Gasteiger partial charge in [-0.2, -0.15) is 0 Å². The van der Waals surface area contributed by atoms with E-state index in [0.29, 0.717) is 5.92 Å². The molecule has 136 valence electrons. The highest BCUT2D eigenvalue weighted by molar-refractivity contribution is 8.09. The maximum absolute atomic E-state index is 3.92. The molecule has 1 aromatic carbocycles. The van der Waals surface area contributed by atoms with Crippen molar-refractivity contribution in [1.29, 1.82) is 0 Å². The average molecular weight is 356 g/mol. The topological polar surface area (TPSA) is 12.0 Å². The molecular formula is C23H33NS. The molecule has 1 aliphatic rings. The third kappa shape index (κ3) is 6.99. The first-order chi connectivity index (χ1) is 12.0. The van der Waals surface area contributed by atoms with Crippen LogP contribution in [0.2, 0.25) is 0 Å². The van der Waals surface area contributed by atoms with Gasteiger partial charge in [-0.3, -0.25) is 0 Å². The highest BCUT2D eigenvalue weighted by Gasteiger charge is 2.20. The molecule has 1 N–H and O–H groups in total. The maximum atomic E-state index is 3.92. The molecule has 1 heterocycles. The van der Waals surface area contributed by atoms with Gasteiger partial charge in [0.1, 0.15) is 5.37 Å². The molecule has 0 radical (unpaired) electrons. The number of hydrogen-bond donors (Lipinski definition) is 1. The Kier molecular flexibility index (Phi) is 9.44. The summed E-state index contributed by atoms with van der Waals surface area (Å²) in [6.45, 7) is 16.5. The Hall–Kier alpha value is -1.67. The molecule has 0 saturated heterocycles. The normalized spacial score (nSPS) is 17.2. The Bertz CT molecular complexity index is 633. The minimum Gasteiger partial charge on any atom is -0.374 e. The van der Waals surface area contributed by atoms with Crippen molar-refractivity contribution in [1.82, 2.24) is 5.32 Å². The van der Waals surface area contributed by atoms with E-state index in [1.54, 1.807) is 0 Å². The van der Waals surface area contributed by atoms with Crippen LogP contribution in [-0.2, 0) is 6.42 Å². The van der Waals surface area contributed by atoms with Crippen LogP contribution in [-0.4, -0.2) is 5.37 Å². The summed E-state index contributed by atoms with van der Waals surface area (Å²) >= 11 is 1.87. The van der Waals surface area contributed by atoms with Gasteiger partial charge in [0.2, 0.25) is 0 Å². The molecule has 1 nitrogen and oxygen atoms in total. The zero-order chi connectivity index (χ0) is 18.8. The number of benzene rings is 1. The molecule has 2 rings (SSSR count). The standard InChI is InChI=1S/C21H27NS.C2H6/c1-6-18(10-7-15(2)3)21-22-14-20(23-21)19-11-8-17(9-12-19)13-16(4)5;1-2/h6-12,14,16,21-22H,2,13H2,1,3-5H3;1-2H3/b10-7-,18-6+;. The van der Waals surface area contributed by atoms with Crippen LogP contribution >= 0.6 is 11.8 Å². The molecule has 0 amide bonds. The first-order valence-corrected chi connectivity index (χ1v) is 10.1. The summed E-state index contributed by atoms with van der Waals surface area (Å²) < 4.78 is 0. The fourth-order valence-electron chi connectivity index (χ4n) is 2.51. The summed E-state index contributed by atoms with van der Waals surface area (Å²) in [4.78, 5) is 1.30. The van der Waals surface area contributed by atoms with Crippen molar-refractivity contribution < 1.29 is 0 Å². The first kappa shape index (κ1) is 21.4. The predicted molar refractivity (Wildman–Crippen MR) is 117 cm³/mol. The molecule has 25 heavy (non-hydrogen) atoms. The molecule has 0 spiro atoms. The smallest absolute Gasteiger partial charge is 0.102 e. The van der Waals surface area contributed by atoms with Gasteiger partial charge in [0.15, 0.2) is 0 Å². The van der Waals surface area contributed by atoms with Crippen LogP contribution in [0, 0.1) is 5.92 Å². The minimum atomic E-state index is 0.279. The van der Waals surface area contributed by atoms with Gasteiger partial charge in [0, 0.05) is 11.1 Å². The summed E-state index contributed by atoms with van der Waals surface area (Å²) in [6.07, 6.45) is 9.64. The summed E-state index contributed by atoms with van der Waals surface area (Å²) in [5.41, 5.74) is 5.05. The third-order valence-corrected chi connectivity index (χ3v) is 4.94. The SMILES string of the molecule is C=C(C)/C=C\C(=C/C)C1NC=C(c2ccc(CC(C)C)cc2)S1.CC. The van der Waals surface area contributed by atoms with Crippen molar-refractivity contribution in [3.05, 3.63) is 77.5 Å². The van der Waals surface area contributed by atoms with Gasteiger partial charge in [-0.05, 0) is 42.9 Å². The number of rotatable bonds is 6. The van der Waals surface area contributed by atoms with Gasteiger partial charge in [0.25, 0.3) is 0 Å². The van der Waals surface area contributed by atoms with Crippen molar-refractivity contribution in [3.63, 3.8) is 0 Å². The molecule has 1 aliphatic heterocycles. The maximum Gasteiger partial charge on any atom is 0.102 e. The van der Waals surface area contributed by atoms with Crippen LogP contribution in [0.1, 0.15) is 52.7 Å². The van der Waals surface area contributed by atoms with E-state index in [9.17, 15) is 0 Å². The van der Waals surface area contributed by atoms with Crippen molar-refractivity contribution >= 4 is 16.7 Å². The fourth-order valence-corrected chi connectivity index (χ4v) is 3.66.